The Morgan fingerprint density at radius 2 is 1.73 bits per heavy atom. The zero-order chi connectivity index (χ0) is 23.9. The van der Waals surface area contributed by atoms with Gasteiger partial charge in [0.05, 0.1) is 23.5 Å². The summed E-state index contributed by atoms with van der Waals surface area (Å²) in [6.45, 7) is 9.20. The van der Waals surface area contributed by atoms with E-state index < -0.39 is 17.0 Å². The average Bonchev–Trinajstić information content (AvgIpc) is 3.11. The van der Waals surface area contributed by atoms with E-state index in [0.717, 1.165) is 33.6 Å². The van der Waals surface area contributed by atoms with Crippen molar-refractivity contribution in [3.63, 3.8) is 0 Å². The summed E-state index contributed by atoms with van der Waals surface area (Å²) in [4.78, 5) is 28.4. The maximum Gasteiger partial charge on any atom is 0.262 e. The van der Waals surface area contributed by atoms with Crippen molar-refractivity contribution in [2.24, 2.45) is 0 Å². The van der Waals surface area contributed by atoms with Gasteiger partial charge in [-0.05, 0) is 52.3 Å². The minimum atomic E-state index is -0.860. The molecular weight excluding hydrogens is 416 g/mol. The molecule has 2 aromatic heterocycles. The summed E-state index contributed by atoms with van der Waals surface area (Å²) < 4.78 is 1.82. The fourth-order valence-corrected chi connectivity index (χ4v) is 3.83. The third-order valence-electron chi connectivity index (χ3n) is 5.68. The second-order valence-corrected chi connectivity index (χ2v) is 9.19. The summed E-state index contributed by atoms with van der Waals surface area (Å²) in [5.74, 6) is -0.550. The van der Waals surface area contributed by atoms with Crippen LogP contribution < -0.4 is 10.9 Å². The molecule has 1 amide bonds. The van der Waals surface area contributed by atoms with E-state index in [2.05, 4.69) is 16.4 Å². The predicted molar refractivity (Wildman–Crippen MR) is 130 cm³/mol. The standard InChI is InChI=1S/C26H28N4O3/c1-15-6-9-18(10-7-15)22-19-13-20(25(33)28-26(4,5)14-31)24(32)27-23(19)29-30(22)21-11-8-16(2)12-17(21)3/h6-13,31H,14H2,1-5H3,(H,28,33)(H,27,29,32). The zero-order valence-electron chi connectivity index (χ0n) is 19.5. The molecule has 0 spiro atoms. The van der Waals surface area contributed by atoms with Crippen molar-refractivity contribution in [1.29, 1.82) is 0 Å². The van der Waals surface area contributed by atoms with Gasteiger partial charge >= 0.3 is 0 Å². The summed E-state index contributed by atoms with van der Waals surface area (Å²) in [5, 5.41) is 17.6. The molecule has 0 radical (unpaired) electrons. The Kier molecular flexibility index (Phi) is 5.68. The number of rotatable bonds is 5. The van der Waals surface area contributed by atoms with E-state index >= 15 is 0 Å². The van der Waals surface area contributed by atoms with Gasteiger partial charge in [-0.1, -0.05) is 47.5 Å². The van der Waals surface area contributed by atoms with Crippen LogP contribution in [0.3, 0.4) is 0 Å². The Balaban J connectivity index is 1.99. The van der Waals surface area contributed by atoms with E-state index in [1.807, 2.05) is 61.9 Å². The molecule has 0 unspecified atom stereocenters. The second-order valence-electron chi connectivity index (χ2n) is 9.19. The first-order valence-corrected chi connectivity index (χ1v) is 10.8. The Bertz CT molecular complexity index is 1410. The Morgan fingerprint density at radius 3 is 2.36 bits per heavy atom. The number of hydrogen-bond acceptors (Lipinski definition) is 4. The lowest BCUT2D eigenvalue weighted by molar-refractivity contribution is 0.0868. The topological polar surface area (TPSA) is 100 Å². The van der Waals surface area contributed by atoms with Crippen molar-refractivity contribution >= 4 is 16.9 Å². The molecule has 4 aromatic rings. The van der Waals surface area contributed by atoms with E-state index in [9.17, 15) is 14.7 Å². The number of nitrogens with one attached hydrogen (secondary N) is 2. The number of H-pyrrole nitrogens is 1. The number of benzene rings is 2. The van der Waals surface area contributed by atoms with Crippen LogP contribution in [-0.2, 0) is 0 Å². The highest BCUT2D eigenvalue weighted by Gasteiger charge is 2.24. The van der Waals surface area contributed by atoms with E-state index in [0.29, 0.717) is 11.0 Å². The molecule has 0 aliphatic carbocycles. The van der Waals surface area contributed by atoms with Crippen LogP contribution in [-0.4, -0.2) is 37.9 Å². The third kappa shape index (κ3) is 4.32. The van der Waals surface area contributed by atoms with Crippen molar-refractivity contribution < 1.29 is 9.90 Å². The molecule has 0 saturated carbocycles. The summed E-state index contributed by atoms with van der Waals surface area (Å²) >= 11 is 0. The maximum absolute atomic E-state index is 12.9. The molecule has 0 atom stereocenters. The Labute approximate surface area is 192 Å². The molecule has 33 heavy (non-hydrogen) atoms. The van der Waals surface area contributed by atoms with Crippen molar-refractivity contribution in [3.8, 4) is 16.9 Å². The summed E-state index contributed by atoms with van der Waals surface area (Å²) in [6, 6.07) is 15.7. The van der Waals surface area contributed by atoms with Crippen molar-refractivity contribution in [2.75, 3.05) is 6.61 Å². The molecule has 4 rings (SSSR count). The minimum Gasteiger partial charge on any atom is -0.394 e. The lowest BCUT2D eigenvalue weighted by atomic mass is 10.0. The summed E-state index contributed by atoms with van der Waals surface area (Å²) in [6.07, 6.45) is 0. The quantitative estimate of drug-likeness (QED) is 0.436. The van der Waals surface area contributed by atoms with Gasteiger partial charge < -0.3 is 15.4 Å². The van der Waals surface area contributed by atoms with Crippen molar-refractivity contribution in [1.82, 2.24) is 20.1 Å². The van der Waals surface area contributed by atoms with Gasteiger partial charge in [0.15, 0.2) is 5.65 Å². The van der Waals surface area contributed by atoms with E-state index in [-0.39, 0.29) is 12.2 Å². The molecule has 7 heteroatoms. The van der Waals surface area contributed by atoms with Crippen LogP contribution in [0.5, 0.6) is 0 Å². The molecule has 0 saturated heterocycles. The highest BCUT2D eigenvalue weighted by molar-refractivity contribution is 6.00. The van der Waals surface area contributed by atoms with Gasteiger partial charge in [0.25, 0.3) is 11.5 Å². The first kappa shape index (κ1) is 22.5. The van der Waals surface area contributed by atoms with Gasteiger partial charge in [-0.2, -0.15) is 0 Å². The first-order chi connectivity index (χ1) is 15.6. The number of pyridine rings is 1. The van der Waals surface area contributed by atoms with Crippen molar-refractivity contribution in [3.05, 3.63) is 81.1 Å². The number of amides is 1. The highest BCUT2D eigenvalue weighted by atomic mass is 16.3. The third-order valence-corrected chi connectivity index (χ3v) is 5.68. The zero-order valence-corrected chi connectivity index (χ0v) is 19.5. The predicted octanol–water partition coefficient (Wildman–Crippen LogP) is 3.81. The largest absolute Gasteiger partial charge is 0.394 e. The fourth-order valence-electron chi connectivity index (χ4n) is 3.83. The number of hydrogen-bond donors (Lipinski definition) is 3. The van der Waals surface area contributed by atoms with Crippen LogP contribution in [0.2, 0.25) is 0 Å². The molecule has 0 fully saturated rings. The number of aryl methyl sites for hydroxylation is 3. The van der Waals surface area contributed by atoms with Gasteiger partial charge in [-0.3, -0.25) is 9.59 Å². The number of aromatic amines is 1. The maximum atomic E-state index is 12.9. The van der Waals surface area contributed by atoms with E-state index in [1.165, 1.54) is 0 Å². The lowest BCUT2D eigenvalue weighted by Gasteiger charge is -2.23. The summed E-state index contributed by atoms with van der Waals surface area (Å²) in [7, 11) is 0. The normalized spacial score (nSPS) is 11.7. The lowest BCUT2D eigenvalue weighted by Crippen LogP contribution is -2.47. The van der Waals surface area contributed by atoms with E-state index in [1.54, 1.807) is 19.9 Å². The van der Waals surface area contributed by atoms with Gasteiger partial charge in [0.1, 0.15) is 5.56 Å². The molecule has 170 valence electrons. The first-order valence-electron chi connectivity index (χ1n) is 10.8. The Hall–Kier alpha value is -3.71. The van der Waals surface area contributed by atoms with E-state index in [4.69, 9.17) is 5.10 Å². The number of aliphatic hydroxyl groups excluding tert-OH is 1. The van der Waals surface area contributed by atoms with Gasteiger partial charge in [-0.15, -0.1) is 5.10 Å². The summed E-state index contributed by atoms with van der Waals surface area (Å²) in [5.41, 5.74) is 4.87. The highest BCUT2D eigenvalue weighted by Crippen LogP contribution is 2.32. The molecule has 2 heterocycles. The number of aromatic nitrogens is 3. The van der Waals surface area contributed by atoms with Gasteiger partial charge in [0, 0.05) is 10.9 Å². The fraction of sp³-hybridized carbons (Fsp3) is 0.269. The monoisotopic (exact) mass is 444 g/mol. The number of fused-ring (bicyclic) bond motifs is 1. The molecule has 7 nitrogen and oxygen atoms in total. The number of nitrogens with zero attached hydrogens (tertiary/aromatic N) is 2. The SMILES string of the molecule is Cc1ccc(-c2c3cc(C(=O)NC(C)(C)CO)c(=O)[nH]c3nn2-c2ccc(C)cc2C)cc1. The number of carbonyl (C=O) groups is 1. The van der Waals surface area contributed by atoms with Gasteiger partial charge in [0.2, 0.25) is 0 Å². The molecule has 0 bridgehead atoms. The molecule has 2 aromatic carbocycles. The molecule has 0 aliphatic rings. The van der Waals surface area contributed by atoms with Crippen LogP contribution >= 0.6 is 0 Å². The minimum absolute atomic E-state index is 0.0300. The van der Waals surface area contributed by atoms with Crippen LogP contribution in [0.25, 0.3) is 28.0 Å². The molecular formula is C26H28N4O3. The van der Waals surface area contributed by atoms with Crippen LogP contribution in [0.15, 0.2) is 53.3 Å². The van der Waals surface area contributed by atoms with Crippen LogP contribution in [0.4, 0.5) is 0 Å². The van der Waals surface area contributed by atoms with Crippen LogP contribution in [0.1, 0.15) is 40.9 Å². The van der Waals surface area contributed by atoms with Crippen molar-refractivity contribution in [2.45, 2.75) is 40.2 Å². The average molecular weight is 445 g/mol. The number of carbonyl (C=O) groups excluding carboxylic acids is 1. The molecule has 3 N–H and O–H groups in total. The Morgan fingerprint density at radius 1 is 1.06 bits per heavy atom. The van der Waals surface area contributed by atoms with Gasteiger partial charge in [-0.25, -0.2) is 4.68 Å². The smallest absolute Gasteiger partial charge is 0.262 e. The second kappa shape index (κ2) is 8.33. The number of aliphatic hydroxyl groups is 1. The van der Waals surface area contributed by atoms with Crippen LogP contribution in [0, 0.1) is 20.8 Å². The molecule has 0 aliphatic heterocycles.